The molecule has 3 nitrogen and oxygen atoms in total. The number of nitrogens with zero attached hydrogens (tertiary/aromatic N) is 1. The number of carbonyl (C=O) groups is 1. The Labute approximate surface area is 142 Å². The summed E-state index contributed by atoms with van der Waals surface area (Å²) in [5.41, 5.74) is 3.67. The Bertz CT molecular complexity index is 814. The number of hydrogen-bond donors (Lipinski definition) is 0. The molecule has 122 valence electrons. The van der Waals surface area contributed by atoms with Gasteiger partial charge in [0.05, 0.1) is 0 Å². The van der Waals surface area contributed by atoms with Crippen LogP contribution in [0.25, 0.3) is 11.1 Å². The van der Waals surface area contributed by atoms with Crippen LogP contribution in [0.1, 0.15) is 41.6 Å². The van der Waals surface area contributed by atoms with Crippen molar-refractivity contribution < 1.29 is 9.53 Å². The van der Waals surface area contributed by atoms with E-state index in [1.807, 2.05) is 42.5 Å². The van der Waals surface area contributed by atoms with E-state index >= 15 is 0 Å². The number of hydrogen-bond acceptors (Lipinski definition) is 3. The van der Waals surface area contributed by atoms with Gasteiger partial charge in [-0.15, -0.1) is 0 Å². The number of benzene rings is 2. The molecule has 2 aromatic rings. The molecule has 24 heavy (non-hydrogen) atoms. The zero-order valence-corrected chi connectivity index (χ0v) is 13.9. The smallest absolute Gasteiger partial charge is 0.194 e. The predicted molar refractivity (Wildman–Crippen MR) is 93.5 cm³/mol. The maximum atomic E-state index is 12.6. The Hall–Kier alpha value is -2.13. The minimum absolute atomic E-state index is 0.120. The first-order valence-electron chi connectivity index (χ1n) is 8.87. The van der Waals surface area contributed by atoms with Crippen LogP contribution in [0.2, 0.25) is 0 Å². The van der Waals surface area contributed by atoms with Crippen molar-refractivity contribution in [1.29, 1.82) is 0 Å². The molecular formula is C21H21NO2. The zero-order valence-electron chi connectivity index (χ0n) is 13.9. The molecule has 2 heterocycles. The quantitative estimate of drug-likeness (QED) is 0.717. The molecule has 0 radical (unpaired) electrons. The van der Waals surface area contributed by atoms with E-state index in [0.29, 0.717) is 12.1 Å². The number of ether oxygens (including phenoxy) is 1. The molecule has 2 fully saturated rings. The minimum Gasteiger partial charge on any atom is -0.490 e. The molecule has 2 atom stereocenters. The van der Waals surface area contributed by atoms with Gasteiger partial charge in [0.1, 0.15) is 11.9 Å². The number of fused-ring (bicyclic) bond motifs is 5. The van der Waals surface area contributed by atoms with Gasteiger partial charge >= 0.3 is 0 Å². The maximum absolute atomic E-state index is 12.6. The predicted octanol–water partition coefficient (Wildman–Crippen LogP) is 3.90. The highest BCUT2D eigenvalue weighted by molar-refractivity contribution is 6.21. The van der Waals surface area contributed by atoms with Gasteiger partial charge in [0.15, 0.2) is 5.78 Å². The van der Waals surface area contributed by atoms with E-state index in [1.54, 1.807) is 0 Å². The molecule has 2 unspecified atom stereocenters. The fraction of sp³-hybridized carbons (Fsp3) is 0.381. The first-order valence-corrected chi connectivity index (χ1v) is 8.87. The normalized spacial score (nSPS) is 27.9. The lowest BCUT2D eigenvalue weighted by Crippen LogP contribution is -2.43. The molecule has 3 heteroatoms. The SMILES string of the molecule is CN1C2CCC1CC(Oc1ccc3c(c1)C(=O)c1ccccc1-3)C2. The van der Waals surface area contributed by atoms with Crippen molar-refractivity contribution >= 4 is 5.78 Å². The topological polar surface area (TPSA) is 29.5 Å². The lowest BCUT2D eigenvalue weighted by atomic mass is 10.0. The Kier molecular flexibility index (Phi) is 3.07. The van der Waals surface area contributed by atoms with Gasteiger partial charge in [0.25, 0.3) is 0 Å². The van der Waals surface area contributed by atoms with Gasteiger partial charge in [-0.1, -0.05) is 24.3 Å². The molecule has 2 bridgehead atoms. The standard InChI is InChI=1S/C21H21NO2/c1-22-13-6-7-14(22)11-16(10-13)24-15-8-9-18-17-4-2-3-5-19(17)21(23)20(18)12-15/h2-5,8-9,12-14,16H,6-7,10-11H2,1H3. The summed E-state index contributed by atoms with van der Waals surface area (Å²) in [5, 5.41) is 0. The van der Waals surface area contributed by atoms with Gasteiger partial charge in [0, 0.05) is 23.2 Å². The molecule has 1 aliphatic carbocycles. The second-order valence-corrected chi connectivity index (χ2v) is 7.34. The molecule has 0 amide bonds. The summed E-state index contributed by atoms with van der Waals surface area (Å²) in [4.78, 5) is 15.1. The maximum Gasteiger partial charge on any atom is 0.194 e. The largest absolute Gasteiger partial charge is 0.490 e. The Morgan fingerprint density at radius 2 is 1.58 bits per heavy atom. The van der Waals surface area contributed by atoms with Crippen LogP contribution in [0, 0.1) is 0 Å². The van der Waals surface area contributed by atoms with Crippen LogP contribution in [0.4, 0.5) is 0 Å². The molecule has 0 saturated carbocycles. The number of piperidine rings is 1. The summed E-state index contributed by atoms with van der Waals surface area (Å²) in [6, 6.07) is 15.2. The summed E-state index contributed by atoms with van der Waals surface area (Å²) in [5.74, 6) is 0.957. The molecule has 2 saturated heterocycles. The van der Waals surface area contributed by atoms with Gasteiger partial charge in [-0.25, -0.2) is 0 Å². The molecule has 0 aromatic heterocycles. The highest BCUT2D eigenvalue weighted by Gasteiger charge is 2.39. The van der Waals surface area contributed by atoms with Crippen molar-refractivity contribution in [2.24, 2.45) is 0 Å². The second kappa shape index (κ2) is 5.18. The number of rotatable bonds is 2. The summed E-state index contributed by atoms with van der Waals surface area (Å²) in [6.45, 7) is 0. The van der Waals surface area contributed by atoms with Crippen LogP contribution in [-0.4, -0.2) is 35.9 Å². The lowest BCUT2D eigenvalue weighted by molar-refractivity contribution is 0.0661. The van der Waals surface area contributed by atoms with E-state index in [0.717, 1.165) is 40.8 Å². The number of carbonyl (C=O) groups excluding carboxylic acids is 1. The van der Waals surface area contributed by atoms with Crippen molar-refractivity contribution in [1.82, 2.24) is 4.90 Å². The minimum atomic E-state index is 0.120. The number of ketones is 1. The van der Waals surface area contributed by atoms with Gasteiger partial charge in [-0.2, -0.15) is 0 Å². The molecule has 0 N–H and O–H groups in total. The van der Waals surface area contributed by atoms with Crippen LogP contribution >= 0.6 is 0 Å². The molecule has 2 aromatic carbocycles. The molecule has 0 spiro atoms. The second-order valence-electron chi connectivity index (χ2n) is 7.34. The third-order valence-corrected chi connectivity index (χ3v) is 6.06. The van der Waals surface area contributed by atoms with Crippen LogP contribution < -0.4 is 4.74 Å². The fourth-order valence-electron chi connectivity index (χ4n) is 4.73. The first-order chi connectivity index (χ1) is 11.7. The molecular weight excluding hydrogens is 298 g/mol. The molecule has 2 aliphatic heterocycles. The first kappa shape index (κ1) is 14.2. The van der Waals surface area contributed by atoms with Crippen molar-refractivity contribution in [3.63, 3.8) is 0 Å². The fourth-order valence-corrected chi connectivity index (χ4v) is 4.73. The Morgan fingerprint density at radius 1 is 0.917 bits per heavy atom. The Morgan fingerprint density at radius 3 is 2.33 bits per heavy atom. The lowest BCUT2D eigenvalue weighted by Gasteiger charge is -2.36. The van der Waals surface area contributed by atoms with Crippen LogP contribution in [-0.2, 0) is 0 Å². The van der Waals surface area contributed by atoms with Crippen molar-refractivity contribution in [3.8, 4) is 16.9 Å². The van der Waals surface area contributed by atoms with Gasteiger partial charge in [0.2, 0.25) is 0 Å². The zero-order chi connectivity index (χ0) is 16.3. The van der Waals surface area contributed by atoms with Gasteiger partial charge in [-0.3, -0.25) is 4.79 Å². The Balaban J connectivity index is 1.41. The van der Waals surface area contributed by atoms with Gasteiger partial charge in [-0.05, 0) is 62.1 Å². The third-order valence-electron chi connectivity index (χ3n) is 6.06. The van der Waals surface area contributed by atoms with E-state index in [9.17, 15) is 4.79 Å². The van der Waals surface area contributed by atoms with Crippen LogP contribution in [0.15, 0.2) is 42.5 Å². The van der Waals surface area contributed by atoms with E-state index in [-0.39, 0.29) is 11.9 Å². The highest BCUT2D eigenvalue weighted by atomic mass is 16.5. The highest BCUT2D eigenvalue weighted by Crippen LogP contribution is 2.40. The third kappa shape index (κ3) is 2.04. The summed E-state index contributed by atoms with van der Waals surface area (Å²) >= 11 is 0. The average Bonchev–Trinajstić information content (AvgIpc) is 2.98. The molecule has 5 rings (SSSR count). The summed E-state index contributed by atoms with van der Waals surface area (Å²) < 4.78 is 6.28. The van der Waals surface area contributed by atoms with E-state index in [4.69, 9.17) is 4.74 Å². The van der Waals surface area contributed by atoms with Crippen molar-refractivity contribution in [2.45, 2.75) is 43.9 Å². The average molecular weight is 319 g/mol. The summed E-state index contributed by atoms with van der Waals surface area (Å²) in [7, 11) is 2.24. The van der Waals surface area contributed by atoms with Crippen molar-refractivity contribution in [2.75, 3.05) is 7.05 Å². The van der Waals surface area contributed by atoms with E-state index in [2.05, 4.69) is 11.9 Å². The molecule has 3 aliphatic rings. The monoisotopic (exact) mass is 319 g/mol. The van der Waals surface area contributed by atoms with E-state index < -0.39 is 0 Å². The van der Waals surface area contributed by atoms with E-state index in [1.165, 1.54) is 12.8 Å². The van der Waals surface area contributed by atoms with Gasteiger partial charge < -0.3 is 9.64 Å². The van der Waals surface area contributed by atoms with Crippen molar-refractivity contribution in [3.05, 3.63) is 53.6 Å². The van der Waals surface area contributed by atoms with Crippen LogP contribution in [0.5, 0.6) is 5.75 Å². The van der Waals surface area contributed by atoms with Crippen LogP contribution in [0.3, 0.4) is 0 Å². The summed E-state index contributed by atoms with van der Waals surface area (Å²) in [6.07, 6.45) is 5.05.